The van der Waals surface area contributed by atoms with Crippen molar-refractivity contribution in [1.82, 2.24) is 14.5 Å². The molecule has 5 rings (SSSR count). The Morgan fingerprint density at radius 3 is 2.31 bits per heavy atom. The Balaban J connectivity index is 2.08. The highest BCUT2D eigenvalue weighted by atomic mass is 16.5. The van der Waals surface area contributed by atoms with E-state index in [1.807, 2.05) is 48.0 Å². The smallest absolute Gasteiger partial charge is 0.289 e. The first kappa shape index (κ1) is 17.5. The number of rotatable bonds is 2. The summed E-state index contributed by atoms with van der Waals surface area (Å²) in [5, 5.41) is 15.4. The van der Waals surface area contributed by atoms with Gasteiger partial charge in [-0.2, -0.15) is 0 Å². The number of fused-ring (bicyclic) bond motifs is 7. The molecule has 0 bridgehead atoms. The number of hydrogen-bond donors (Lipinski definition) is 2. The zero-order valence-electron chi connectivity index (χ0n) is 16.2. The van der Waals surface area contributed by atoms with Crippen molar-refractivity contribution in [3.63, 3.8) is 0 Å². The number of ether oxygens (including phenoxy) is 1. The Kier molecular flexibility index (Phi) is 3.45. The number of carbonyl (C=O) groups excluding carboxylic acids is 2. The molecule has 0 aliphatic carbocycles. The summed E-state index contributed by atoms with van der Waals surface area (Å²) in [7, 11) is 4.80. The second-order valence-corrected chi connectivity index (χ2v) is 7.11. The zero-order valence-corrected chi connectivity index (χ0v) is 16.2. The molecule has 0 spiro atoms. The maximum Gasteiger partial charge on any atom is 0.289 e. The molecule has 2 N–H and O–H groups in total. The molecule has 2 aromatic heterocycles. The van der Waals surface area contributed by atoms with E-state index in [-0.39, 0.29) is 0 Å². The number of nitrogens with zero attached hydrogens (tertiary/aromatic N) is 2. The summed E-state index contributed by atoms with van der Waals surface area (Å²) in [6, 6.07) is 14.7. The van der Waals surface area contributed by atoms with Gasteiger partial charge in [-0.1, -0.05) is 30.3 Å². The molecule has 1 aliphatic heterocycles. The lowest BCUT2D eigenvalue weighted by Crippen LogP contribution is -2.55. The predicted octanol–water partition coefficient (Wildman–Crippen LogP) is 2.40. The molecule has 1 atom stereocenters. The van der Waals surface area contributed by atoms with Gasteiger partial charge < -0.3 is 19.7 Å². The number of likely N-dealkylation sites (N-methyl/N-ethyl adjacent to an activating group) is 1. The van der Waals surface area contributed by atoms with Crippen molar-refractivity contribution in [3.05, 3.63) is 54.1 Å². The summed E-state index contributed by atoms with van der Waals surface area (Å²) in [5.74, 6) is -0.965. The molecule has 1 aliphatic rings. The van der Waals surface area contributed by atoms with E-state index >= 15 is 0 Å². The topological polar surface area (TPSA) is 85.5 Å². The van der Waals surface area contributed by atoms with Gasteiger partial charge in [0, 0.05) is 30.4 Å². The molecule has 29 heavy (non-hydrogen) atoms. The second kappa shape index (κ2) is 5.71. The van der Waals surface area contributed by atoms with E-state index < -0.39 is 17.4 Å². The molecule has 0 fully saturated rings. The van der Waals surface area contributed by atoms with Crippen LogP contribution in [0.5, 0.6) is 5.75 Å². The first-order valence-corrected chi connectivity index (χ1v) is 9.21. The van der Waals surface area contributed by atoms with E-state index in [0.717, 1.165) is 5.52 Å². The minimum Gasteiger partial charge on any atom is -0.494 e. The molecule has 4 aromatic rings. The summed E-state index contributed by atoms with van der Waals surface area (Å²) >= 11 is 0. The van der Waals surface area contributed by atoms with Gasteiger partial charge in [0.25, 0.3) is 11.6 Å². The summed E-state index contributed by atoms with van der Waals surface area (Å²) in [6.07, 6.45) is 0. The standard InChI is InChI=1S/C22H19N3O4/c1-23-21(27)22(28)20(26)16-12-8-4-6-10-14(12)24(2)17(16)18-19(29-3)13-9-5-7-11-15(13)25(18)22/h4-11,28H,1-3H3,(H,23,27)/t22-/m1/s1. The van der Waals surface area contributed by atoms with Gasteiger partial charge in [0.2, 0.25) is 5.78 Å². The van der Waals surface area contributed by atoms with Gasteiger partial charge in [-0.05, 0) is 18.2 Å². The largest absolute Gasteiger partial charge is 0.494 e. The Hall–Kier alpha value is -3.58. The monoisotopic (exact) mass is 389 g/mol. The maximum atomic E-state index is 13.7. The van der Waals surface area contributed by atoms with Crippen LogP contribution < -0.4 is 10.1 Å². The summed E-state index contributed by atoms with van der Waals surface area (Å²) < 4.78 is 9.02. The number of ketones is 1. The number of methoxy groups -OCH3 is 1. The number of Topliss-reactive ketones (excluding diaryl/α,β-unsaturated/α-hetero) is 1. The highest BCUT2D eigenvalue weighted by Gasteiger charge is 2.54. The normalized spacial score (nSPS) is 18.0. The molecule has 0 radical (unpaired) electrons. The highest BCUT2D eigenvalue weighted by Crippen LogP contribution is 2.50. The molecule has 7 nitrogen and oxygen atoms in total. The number of benzene rings is 2. The Morgan fingerprint density at radius 2 is 1.66 bits per heavy atom. The van der Waals surface area contributed by atoms with Gasteiger partial charge in [-0.15, -0.1) is 0 Å². The molecule has 2 aromatic carbocycles. The number of aliphatic hydroxyl groups is 1. The number of amides is 1. The van der Waals surface area contributed by atoms with Gasteiger partial charge in [-0.3, -0.25) is 14.2 Å². The van der Waals surface area contributed by atoms with Crippen LogP contribution in [0.1, 0.15) is 10.4 Å². The number of hydrogen-bond acceptors (Lipinski definition) is 4. The fraction of sp³-hybridized carbons (Fsp3) is 0.182. The average Bonchev–Trinajstić information content (AvgIpc) is 3.24. The number of para-hydroxylation sites is 2. The van der Waals surface area contributed by atoms with Crippen LogP contribution in [0.25, 0.3) is 33.2 Å². The summed E-state index contributed by atoms with van der Waals surface area (Å²) in [6.45, 7) is 0. The van der Waals surface area contributed by atoms with Crippen molar-refractivity contribution >= 4 is 33.5 Å². The van der Waals surface area contributed by atoms with E-state index in [1.165, 1.54) is 11.6 Å². The SMILES string of the molecule is CNC(=O)[C@]1(O)C(=O)c2c(n(C)c3ccccc23)-c2c(OC)c3ccccc3n21. The number of carbonyl (C=O) groups is 2. The lowest BCUT2D eigenvalue weighted by atomic mass is 9.91. The van der Waals surface area contributed by atoms with Crippen molar-refractivity contribution in [2.75, 3.05) is 14.2 Å². The van der Waals surface area contributed by atoms with Gasteiger partial charge in [0.1, 0.15) is 5.69 Å². The lowest BCUT2D eigenvalue weighted by molar-refractivity contribution is -0.142. The van der Waals surface area contributed by atoms with E-state index in [1.54, 1.807) is 19.2 Å². The Labute approximate surface area is 166 Å². The van der Waals surface area contributed by atoms with E-state index in [0.29, 0.717) is 39.0 Å². The van der Waals surface area contributed by atoms with Crippen molar-refractivity contribution in [3.8, 4) is 17.1 Å². The van der Waals surface area contributed by atoms with Crippen LogP contribution in [0.4, 0.5) is 0 Å². The molecule has 0 unspecified atom stereocenters. The van der Waals surface area contributed by atoms with Crippen molar-refractivity contribution < 1.29 is 19.4 Å². The second-order valence-electron chi connectivity index (χ2n) is 7.11. The quantitative estimate of drug-likeness (QED) is 0.516. The Morgan fingerprint density at radius 1 is 1.03 bits per heavy atom. The molecule has 146 valence electrons. The van der Waals surface area contributed by atoms with Crippen LogP contribution in [-0.2, 0) is 17.6 Å². The van der Waals surface area contributed by atoms with Crippen molar-refractivity contribution in [1.29, 1.82) is 0 Å². The number of aryl methyl sites for hydroxylation is 1. The molecular weight excluding hydrogens is 370 g/mol. The van der Waals surface area contributed by atoms with E-state index in [9.17, 15) is 14.7 Å². The summed E-state index contributed by atoms with van der Waals surface area (Å²) in [5.41, 5.74) is 0.340. The van der Waals surface area contributed by atoms with Crippen LogP contribution >= 0.6 is 0 Å². The molecule has 0 saturated heterocycles. The minimum atomic E-state index is -2.43. The van der Waals surface area contributed by atoms with E-state index in [2.05, 4.69) is 5.32 Å². The van der Waals surface area contributed by atoms with Gasteiger partial charge >= 0.3 is 0 Å². The maximum absolute atomic E-state index is 13.7. The molecule has 3 heterocycles. The zero-order chi connectivity index (χ0) is 20.5. The molecule has 7 heteroatoms. The van der Waals surface area contributed by atoms with Crippen molar-refractivity contribution in [2.24, 2.45) is 7.05 Å². The molecule has 1 amide bonds. The first-order chi connectivity index (χ1) is 14.0. The minimum absolute atomic E-state index is 0.308. The molecule has 0 saturated carbocycles. The third kappa shape index (κ3) is 1.90. The summed E-state index contributed by atoms with van der Waals surface area (Å²) in [4.78, 5) is 26.6. The number of aromatic nitrogens is 2. The van der Waals surface area contributed by atoms with Gasteiger partial charge in [0.15, 0.2) is 5.75 Å². The van der Waals surface area contributed by atoms with Gasteiger partial charge in [0.05, 0.1) is 23.9 Å². The third-order valence-electron chi connectivity index (χ3n) is 5.77. The predicted molar refractivity (Wildman–Crippen MR) is 109 cm³/mol. The first-order valence-electron chi connectivity index (χ1n) is 9.21. The fourth-order valence-corrected chi connectivity index (χ4v) is 4.52. The average molecular weight is 389 g/mol. The fourth-order valence-electron chi connectivity index (χ4n) is 4.52. The van der Waals surface area contributed by atoms with Crippen LogP contribution in [0.15, 0.2) is 48.5 Å². The van der Waals surface area contributed by atoms with Crippen molar-refractivity contribution in [2.45, 2.75) is 5.72 Å². The molecular formula is C22H19N3O4. The number of nitrogens with one attached hydrogen (secondary N) is 1. The third-order valence-corrected chi connectivity index (χ3v) is 5.77. The van der Waals surface area contributed by atoms with Crippen LogP contribution in [0, 0.1) is 0 Å². The Bertz CT molecular complexity index is 1350. The van der Waals surface area contributed by atoms with Crippen LogP contribution in [0.2, 0.25) is 0 Å². The lowest BCUT2D eigenvalue weighted by Gasteiger charge is -2.33. The van der Waals surface area contributed by atoms with E-state index in [4.69, 9.17) is 4.74 Å². The van der Waals surface area contributed by atoms with Gasteiger partial charge in [-0.25, -0.2) is 0 Å². The highest BCUT2D eigenvalue weighted by molar-refractivity contribution is 6.26. The van der Waals surface area contributed by atoms with Crippen LogP contribution in [0.3, 0.4) is 0 Å². The van der Waals surface area contributed by atoms with Crippen LogP contribution in [-0.4, -0.2) is 40.1 Å².